The van der Waals surface area contributed by atoms with Gasteiger partial charge in [-0.2, -0.15) is 0 Å². The first-order valence-electron chi connectivity index (χ1n) is 6.54. The predicted octanol–water partition coefficient (Wildman–Crippen LogP) is 3.62. The van der Waals surface area contributed by atoms with Crippen molar-refractivity contribution in [2.45, 2.75) is 0 Å². The first kappa shape index (κ1) is 14.5. The van der Waals surface area contributed by atoms with E-state index in [9.17, 15) is 9.59 Å². The molecule has 0 radical (unpaired) electrons. The van der Waals surface area contributed by atoms with Crippen molar-refractivity contribution in [1.82, 2.24) is 4.90 Å². The SMILES string of the molecule is COc1ccc(-c2ccc(C=C3SC(=O)N(C)C3=O)o2)cc1. The Labute approximate surface area is 131 Å². The van der Waals surface area contributed by atoms with Crippen molar-refractivity contribution in [1.29, 1.82) is 0 Å². The molecule has 0 bridgehead atoms. The number of amides is 2. The minimum absolute atomic E-state index is 0.279. The second-order valence-corrected chi connectivity index (χ2v) is 5.66. The maximum Gasteiger partial charge on any atom is 0.293 e. The molecule has 22 heavy (non-hydrogen) atoms. The molecule has 2 aromatic rings. The van der Waals surface area contributed by atoms with E-state index in [1.807, 2.05) is 30.3 Å². The molecule has 2 heterocycles. The van der Waals surface area contributed by atoms with Crippen LogP contribution in [0.4, 0.5) is 4.79 Å². The molecule has 2 amide bonds. The molecular weight excluding hydrogens is 302 g/mol. The summed E-state index contributed by atoms with van der Waals surface area (Å²) < 4.78 is 10.8. The Kier molecular flexibility index (Phi) is 3.77. The van der Waals surface area contributed by atoms with Crippen LogP contribution < -0.4 is 4.74 Å². The van der Waals surface area contributed by atoms with Gasteiger partial charge in [-0.1, -0.05) is 0 Å². The van der Waals surface area contributed by atoms with E-state index in [0.717, 1.165) is 28.0 Å². The number of benzene rings is 1. The Morgan fingerprint density at radius 1 is 1.14 bits per heavy atom. The van der Waals surface area contributed by atoms with Crippen LogP contribution in [0.2, 0.25) is 0 Å². The average molecular weight is 315 g/mol. The molecule has 0 saturated carbocycles. The van der Waals surface area contributed by atoms with Gasteiger partial charge in [0.05, 0.1) is 12.0 Å². The van der Waals surface area contributed by atoms with Gasteiger partial charge in [-0.05, 0) is 48.2 Å². The number of thioether (sulfide) groups is 1. The predicted molar refractivity (Wildman–Crippen MR) is 84.4 cm³/mol. The molecule has 3 rings (SSSR count). The van der Waals surface area contributed by atoms with E-state index in [0.29, 0.717) is 16.4 Å². The van der Waals surface area contributed by atoms with Gasteiger partial charge in [-0.3, -0.25) is 14.5 Å². The lowest BCUT2D eigenvalue weighted by Crippen LogP contribution is -2.22. The number of likely N-dealkylation sites (N-methyl/N-ethyl adjacent to an activating group) is 1. The Morgan fingerprint density at radius 3 is 2.45 bits per heavy atom. The summed E-state index contributed by atoms with van der Waals surface area (Å²) in [6.07, 6.45) is 1.58. The summed E-state index contributed by atoms with van der Waals surface area (Å²) in [4.78, 5) is 24.7. The van der Waals surface area contributed by atoms with Gasteiger partial charge in [-0.15, -0.1) is 0 Å². The van der Waals surface area contributed by atoms with Gasteiger partial charge in [0.25, 0.3) is 11.1 Å². The van der Waals surface area contributed by atoms with E-state index in [2.05, 4.69) is 0 Å². The number of hydrogen-bond donors (Lipinski definition) is 0. The molecule has 1 aliphatic heterocycles. The van der Waals surface area contributed by atoms with Crippen molar-refractivity contribution < 1.29 is 18.7 Å². The lowest BCUT2D eigenvalue weighted by Gasteiger charge is -2.01. The summed E-state index contributed by atoms with van der Waals surface area (Å²) in [5.74, 6) is 1.68. The Balaban J connectivity index is 1.85. The average Bonchev–Trinajstić information content (AvgIpc) is 3.09. The molecule has 0 spiro atoms. The van der Waals surface area contributed by atoms with E-state index in [-0.39, 0.29) is 11.1 Å². The second kappa shape index (κ2) is 5.73. The molecule has 1 aliphatic rings. The highest BCUT2D eigenvalue weighted by Gasteiger charge is 2.32. The zero-order valence-electron chi connectivity index (χ0n) is 12.0. The van der Waals surface area contributed by atoms with Crippen molar-refractivity contribution >= 4 is 29.0 Å². The summed E-state index contributed by atoms with van der Waals surface area (Å²) >= 11 is 0.909. The van der Waals surface area contributed by atoms with E-state index < -0.39 is 0 Å². The molecule has 0 aliphatic carbocycles. The largest absolute Gasteiger partial charge is 0.497 e. The van der Waals surface area contributed by atoms with Crippen LogP contribution in [0.1, 0.15) is 5.76 Å². The van der Waals surface area contributed by atoms with Crippen LogP contribution >= 0.6 is 11.8 Å². The van der Waals surface area contributed by atoms with Crippen LogP contribution in [0, 0.1) is 0 Å². The summed E-state index contributed by atoms with van der Waals surface area (Å²) in [5.41, 5.74) is 0.907. The van der Waals surface area contributed by atoms with Crippen LogP contribution in [0.15, 0.2) is 45.7 Å². The fourth-order valence-electron chi connectivity index (χ4n) is 2.02. The number of carbonyl (C=O) groups is 2. The van der Waals surface area contributed by atoms with Crippen molar-refractivity contribution in [3.05, 3.63) is 47.1 Å². The molecule has 1 aromatic heterocycles. The van der Waals surface area contributed by atoms with Crippen molar-refractivity contribution in [2.24, 2.45) is 0 Å². The van der Waals surface area contributed by atoms with E-state index >= 15 is 0 Å². The molecule has 1 saturated heterocycles. The Hall–Kier alpha value is -2.47. The van der Waals surface area contributed by atoms with Crippen LogP contribution in [0.3, 0.4) is 0 Å². The zero-order chi connectivity index (χ0) is 15.7. The normalized spacial score (nSPS) is 16.6. The number of ether oxygens (including phenoxy) is 1. The third-order valence-electron chi connectivity index (χ3n) is 3.26. The molecule has 0 atom stereocenters. The van der Waals surface area contributed by atoms with E-state index in [1.165, 1.54) is 7.05 Å². The van der Waals surface area contributed by atoms with Gasteiger partial charge >= 0.3 is 0 Å². The molecule has 0 unspecified atom stereocenters. The smallest absolute Gasteiger partial charge is 0.293 e. The highest BCUT2D eigenvalue weighted by molar-refractivity contribution is 8.18. The first-order valence-corrected chi connectivity index (χ1v) is 7.36. The molecule has 1 aromatic carbocycles. The lowest BCUT2D eigenvalue weighted by molar-refractivity contribution is -0.121. The quantitative estimate of drug-likeness (QED) is 0.810. The first-order chi connectivity index (χ1) is 10.6. The number of nitrogens with zero attached hydrogens (tertiary/aromatic N) is 1. The van der Waals surface area contributed by atoms with Crippen LogP contribution in [0.25, 0.3) is 17.4 Å². The number of imide groups is 1. The third-order valence-corrected chi connectivity index (χ3v) is 4.22. The summed E-state index contributed by atoms with van der Waals surface area (Å²) in [6, 6.07) is 11.1. The van der Waals surface area contributed by atoms with Crippen LogP contribution in [0.5, 0.6) is 5.75 Å². The monoisotopic (exact) mass is 315 g/mol. The van der Waals surface area contributed by atoms with Crippen molar-refractivity contribution in [3.8, 4) is 17.1 Å². The van der Waals surface area contributed by atoms with Crippen molar-refractivity contribution in [3.63, 3.8) is 0 Å². The minimum atomic E-state index is -0.308. The Morgan fingerprint density at radius 2 is 1.86 bits per heavy atom. The second-order valence-electron chi connectivity index (χ2n) is 4.67. The number of methoxy groups -OCH3 is 1. The summed E-state index contributed by atoms with van der Waals surface area (Å²) in [7, 11) is 3.07. The minimum Gasteiger partial charge on any atom is -0.497 e. The van der Waals surface area contributed by atoms with E-state index in [1.54, 1.807) is 19.3 Å². The van der Waals surface area contributed by atoms with Gasteiger partial charge < -0.3 is 9.15 Å². The lowest BCUT2D eigenvalue weighted by atomic mass is 10.2. The highest BCUT2D eigenvalue weighted by Crippen LogP contribution is 2.32. The van der Waals surface area contributed by atoms with Gasteiger partial charge in [0.2, 0.25) is 0 Å². The third kappa shape index (κ3) is 2.65. The van der Waals surface area contributed by atoms with Crippen LogP contribution in [-0.4, -0.2) is 30.2 Å². The van der Waals surface area contributed by atoms with Gasteiger partial charge in [-0.25, -0.2) is 0 Å². The van der Waals surface area contributed by atoms with Crippen LogP contribution in [-0.2, 0) is 4.79 Å². The van der Waals surface area contributed by atoms with Gasteiger partial charge in [0.15, 0.2) is 0 Å². The maximum atomic E-state index is 11.8. The zero-order valence-corrected chi connectivity index (χ0v) is 12.8. The summed E-state index contributed by atoms with van der Waals surface area (Å²) in [6.45, 7) is 0. The van der Waals surface area contributed by atoms with E-state index in [4.69, 9.17) is 9.15 Å². The number of rotatable bonds is 3. The van der Waals surface area contributed by atoms with Gasteiger partial charge in [0, 0.05) is 18.7 Å². The molecule has 0 N–H and O–H groups in total. The molecular formula is C16H13NO4S. The van der Waals surface area contributed by atoms with Crippen molar-refractivity contribution in [2.75, 3.05) is 14.2 Å². The fourth-order valence-corrected chi connectivity index (χ4v) is 2.82. The standard InChI is InChI=1S/C16H13NO4S/c1-17-15(18)14(22-16(17)19)9-12-7-8-13(21-12)10-3-5-11(20-2)6-4-10/h3-9H,1-2H3. The fraction of sp³-hybridized carbons (Fsp3) is 0.125. The molecule has 112 valence electrons. The Bertz CT molecular complexity index is 761. The number of hydrogen-bond acceptors (Lipinski definition) is 5. The summed E-state index contributed by atoms with van der Waals surface area (Å²) in [5, 5.41) is -0.279. The highest BCUT2D eigenvalue weighted by atomic mass is 32.2. The van der Waals surface area contributed by atoms with Gasteiger partial charge in [0.1, 0.15) is 17.3 Å². The number of carbonyl (C=O) groups excluding carboxylic acids is 2. The molecule has 6 heteroatoms. The molecule has 5 nitrogen and oxygen atoms in total. The number of furan rings is 1. The topological polar surface area (TPSA) is 59.8 Å². The maximum absolute atomic E-state index is 11.8. The molecule has 1 fully saturated rings.